The van der Waals surface area contributed by atoms with Gasteiger partial charge in [-0.15, -0.1) is 0 Å². The average Bonchev–Trinajstić information content (AvgIpc) is 2.49. The smallest absolute Gasteiger partial charge is 0.0355 e. The normalized spacial score (nSPS) is 47.1. The number of rotatable bonds is 2. The van der Waals surface area contributed by atoms with Crippen LogP contribution in [0.15, 0.2) is 0 Å². The molecule has 0 spiro atoms. The maximum absolute atomic E-state index is 2.47. The molecule has 0 radical (unpaired) electrons. The Morgan fingerprint density at radius 2 is 0.800 bits per heavy atom. The van der Waals surface area contributed by atoms with Gasteiger partial charge in [0, 0.05) is 0 Å². The highest BCUT2D eigenvalue weighted by molar-refractivity contribution is 4.88. The molecule has 3 aliphatic carbocycles. The first-order chi connectivity index (χ1) is 9.74. The Morgan fingerprint density at radius 1 is 0.450 bits per heavy atom. The van der Waals surface area contributed by atoms with Crippen molar-refractivity contribution in [3.8, 4) is 0 Å². The molecule has 0 amide bonds. The summed E-state index contributed by atoms with van der Waals surface area (Å²) in [7, 11) is 0. The Labute approximate surface area is 127 Å². The van der Waals surface area contributed by atoms with E-state index < -0.39 is 0 Å². The number of hydrogen-bond acceptors (Lipinski definition) is 0. The quantitative estimate of drug-likeness (QED) is 0.544. The van der Waals surface area contributed by atoms with Crippen LogP contribution in [0.3, 0.4) is 0 Å². The van der Waals surface area contributed by atoms with Crippen molar-refractivity contribution < 1.29 is 0 Å². The Hall–Kier alpha value is 0. The van der Waals surface area contributed by atoms with E-state index in [1.165, 1.54) is 38.5 Å². The third kappa shape index (κ3) is 3.42. The molecule has 0 aromatic carbocycles. The third-order valence-electron chi connectivity index (χ3n) is 7.21. The van der Waals surface area contributed by atoms with Gasteiger partial charge < -0.3 is 0 Å². The van der Waals surface area contributed by atoms with Gasteiger partial charge in [-0.1, -0.05) is 52.4 Å². The maximum Gasteiger partial charge on any atom is -0.0355 e. The Bertz CT molecular complexity index is 248. The fourth-order valence-electron chi connectivity index (χ4n) is 5.79. The van der Waals surface area contributed by atoms with Crippen molar-refractivity contribution in [3.63, 3.8) is 0 Å². The SMILES string of the molecule is CC1CCC(C2CCCCC2C2CCC(C)CC2)CC1. The first-order valence-electron chi connectivity index (χ1n) is 9.74. The van der Waals surface area contributed by atoms with Crippen LogP contribution in [-0.4, -0.2) is 0 Å². The average molecular weight is 277 g/mol. The second kappa shape index (κ2) is 6.84. The minimum Gasteiger partial charge on any atom is -0.0625 e. The van der Waals surface area contributed by atoms with Crippen LogP contribution in [0.25, 0.3) is 0 Å². The van der Waals surface area contributed by atoms with Crippen LogP contribution in [0.4, 0.5) is 0 Å². The van der Waals surface area contributed by atoms with E-state index >= 15 is 0 Å². The van der Waals surface area contributed by atoms with Crippen LogP contribution in [0.2, 0.25) is 0 Å². The van der Waals surface area contributed by atoms with E-state index in [4.69, 9.17) is 0 Å². The van der Waals surface area contributed by atoms with Crippen molar-refractivity contribution in [2.75, 3.05) is 0 Å². The molecule has 0 N–H and O–H groups in total. The summed E-state index contributed by atoms with van der Waals surface area (Å²) in [5, 5.41) is 0. The second-order valence-corrected chi connectivity index (χ2v) is 8.65. The van der Waals surface area contributed by atoms with Gasteiger partial charge in [-0.25, -0.2) is 0 Å². The van der Waals surface area contributed by atoms with Gasteiger partial charge >= 0.3 is 0 Å². The summed E-state index contributed by atoms with van der Waals surface area (Å²) < 4.78 is 0. The minimum atomic E-state index is 1.02. The van der Waals surface area contributed by atoms with Gasteiger partial charge in [-0.2, -0.15) is 0 Å². The van der Waals surface area contributed by atoms with Crippen LogP contribution in [0.5, 0.6) is 0 Å². The summed E-state index contributed by atoms with van der Waals surface area (Å²) in [6.07, 6.45) is 18.6. The molecule has 0 heterocycles. The van der Waals surface area contributed by atoms with Crippen LogP contribution in [-0.2, 0) is 0 Å². The molecule has 3 rings (SSSR count). The topological polar surface area (TPSA) is 0 Å². The Morgan fingerprint density at radius 3 is 1.15 bits per heavy atom. The first-order valence-corrected chi connectivity index (χ1v) is 9.74. The predicted molar refractivity (Wildman–Crippen MR) is 87.7 cm³/mol. The lowest BCUT2D eigenvalue weighted by molar-refractivity contribution is 0.0562. The van der Waals surface area contributed by atoms with Crippen LogP contribution < -0.4 is 0 Å². The van der Waals surface area contributed by atoms with E-state index in [0.29, 0.717) is 0 Å². The van der Waals surface area contributed by atoms with Crippen molar-refractivity contribution in [3.05, 3.63) is 0 Å². The molecule has 3 saturated carbocycles. The van der Waals surface area contributed by atoms with Gasteiger partial charge in [0.1, 0.15) is 0 Å². The zero-order chi connectivity index (χ0) is 13.9. The van der Waals surface area contributed by atoms with Gasteiger partial charge in [-0.3, -0.25) is 0 Å². The monoisotopic (exact) mass is 276 g/mol. The summed E-state index contributed by atoms with van der Waals surface area (Å²) in [5.74, 6) is 6.49. The highest BCUT2D eigenvalue weighted by Crippen LogP contribution is 2.48. The molecular weight excluding hydrogens is 240 g/mol. The summed E-state index contributed by atoms with van der Waals surface area (Å²) in [6.45, 7) is 4.94. The molecule has 20 heavy (non-hydrogen) atoms. The summed E-state index contributed by atoms with van der Waals surface area (Å²) in [6, 6.07) is 0. The Kier molecular flexibility index (Phi) is 5.10. The molecule has 0 aliphatic heterocycles. The molecule has 0 heteroatoms. The fraction of sp³-hybridized carbons (Fsp3) is 1.00. The summed E-state index contributed by atoms with van der Waals surface area (Å²) in [5.41, 5.74) is 0. The zero-order valence-corrected chi connectivity index (χ0v) is 13.9. The van der Waals surface area contributed by atoms with E-state index in [0.717, 1.165) is 35.5 Å². The molecule has 0 nitrogen and oxygen atoms in total. The van der Waals surface area contributed by atoms with E-state index in [-0.39, 0.29) is 0 Å². The molecule has 3 aliphatic rings. The van der Waals surface area contributed by atoms with Gasteiger partial charge in [0.15, 0.2) is 0 Å². The second-order valence-electron chi connectivity index (χ2n) is 8.65. The van der Waals surface area contributed by atoms with Crippen molar-refractivity contribution in [1.29, 1.82) is 0 Å². The van der Waals surface area contributed by atoms with Crippen LogP contribution in [0, 0.1) is 35.5 Å². The lowest BCUT2D eigenvalue weighted by Crippen LogP contribution is -2.35. The maximum atomic E-state index is 2.47. The van der Waals surface area contributed by atoms with Crippen LogP contribution in [0.1, 0.15) is 90.9 Å². The van der Waals surface area contributed by atoms with E-state index in [1.807, 2.05) is 0 Å². The molecule has 0 aromatic heterocycles. The standard InChI is InChI=1S/C20H36/c1-15-7-11-17(12-8-15)19-5-3-4-6-20(19)18-13-9-16(2)10-14-18/h15-20H,3-14H2,1-2H3. The highest BCUT2D eigenvalue weighted by Gasteiger charge is 2.38. The summed E-state index contributed by atoms with van der Waals surface area (Å²) >= 11 is 0. The van der Waals surface area contributed by atoms with E-state index in [9.17, 15) is 0 Å². The molecule has 0 bridgehead atoms. The highest BCUT2D eigenvalue weighted by atomic mass is 14.4. The molecule has 3 fully saturated rings. The van der Waals surface area contributed by atoms with Gasteiger partial charge in [0.2, 0.25) is 0 Å². The molecular formula is C20H36. The van der Waals surface area contributed by atoms with Gasteiger partial charge in [0.05, 0.1) is 0 Å². The molecule has 0 aromatic rings. The lowest BCUT2D eigenvalue weighted by atomic mass is 9.61. The van der Waals surface area contributed by atoms with Crippen molar-refractivity contribution in [2.45, 2.75) is 90.9 Å². The zero-order valence-electron chi connectivity index (χ0n) is 13.9. The van der Waals surface area contributed by atoms with Crippen LogP contribution >= 0.6 is 0 Å². The van der Waals surface area contributed by atoms with Crippen molar-refractivity contribution >= 4 is 0 Å². The minimum absolute atomic E-state index is 1.02. The lowest BCUT2D eigenvalue weighted by Gasteiger charge is -2.45. The summed E-state index contributed by atoms with van der Waals surface area (Å²) in [4.78, 5) is 0. The van der Waals surface area contributed by atoms with Crippen molar-refractivity contribution in [2.24, 2.45) is 35.5 Å². The largest absolute Gasteiger partial charge is 0.0625 e. The third-order valence-corrected chi connectivity index (χ3v) is 7.21. The predicted octanol–water partition coefficient (Wildman–Crippen LogP) is 6.45. The fourth-order valence-corrected chi connectivity index (χ4v) is 5.79. The van der Waals surface area contributed by atoms with E-state index in [2.05, 4.69) is 13.8 Å². The van der Waals surface area contributed by atoms with Crippen molar-refractivity contribution in [1.82, 2.24) is 0 Å². The van der Waals surface area contributed by atoms with E-state index in [1.54, 1.807) is 38.5 Å². The van der Waals surface area contributed by atoms with Gasteiger partial charge in [-0.05, 0) is 74.0 Å². The molecule has 0 saturated heterocycles. The molecule has 2 atom stereocenters. The first kappa shape index (κ1) is 14.9. The molecule has 116 valence electrons. The van der Waals surface area contributed by atoms with Gasteiger partial charge in [0.25, 0.3) is 0 Å². The molecule has 2 unspecified atom stereocenters. The number of hydrogen-bond donors (Lipinski definition) is 0. The Balaban J connectivity index is 1.61.